The summed E-state index contributed by atoms with van der Waals surface area (Å²) in [5.74, 6) is -0.635. The zero-order valence-corrected chi connectivity index (χ0v) is 8.86. The van der Waals surface area contributed by atoms with Gasteiger partial charge in [-0.05, 0) is 12.1 Å². The second-order valence-corrected chi connectivity index (χ2v) is 3.51. The lowest BCUT2D eigenvalue weighted by atomic mass is 10.3. The summed E-state index contributed by atoms with van der Waals surface area (Å²) in [6.45, 7) is 0. The predicted octanol–water partition coefficient (Wildman–Crippen LogP) is 1.90. The van der Waals surface area contributed by atoms with Crippen molar-refractivity contribution < 1.29 is 9.90 Å². The molecule has 0 aromatic carbocycles. The molecule has 0 amide bonds. The van der Waals surface area contributed by atoms with Crippen LogP contribution < -0.4 is 0 Å². The largest absolute Gasteiger partial charge is 0.478 e. The SMILES string of the molecule is O=C(O)c1cnc(-c2cc(=S)cc[nH]2)nc1. The van der Waals surface area contributed by atoms with Gasteiger partial charge in [0.1, 0.15) is 0 Å². The summed E-state index contributed by atoms with van der Waals surface area (Å²) in [6.07, 6.45) is 4.20. The second kappa shape index (κ2) is 4.19. The van der Waals surface area contributed by atoms with E-state index in [9.17, 15) is 4.79 Å². The third-order valence-electron chi connectivity index (χ3n) is 1.91. The van der Waals surface area contributed by atoms with E-state index >= 15 is 0 Å². The summed E-state index contributed by atoms with van der Waals surface area (Å²) in [5, 5.41) is 8.69. The number of carboxylic acid groups (broad SMARTS) is 1. The maximum Gasteiger partial charge on any atom is 0.338 e. The Hall–Kier alpha value is -2.08. The molecule has 0 aliphatic carbocycles. The van der Waals surface area contributed by atoms with Crippen LogP contribution in [-0.4, -0.2) is 26.0 Å². The molecule has 0 unspecified atom stereocenters. The normalized spacial score (nSPS) is 10.0. The number of aromatic carboxylic acids is 1. The number of rotatable bonds is 2. The average molecular weight is 233 g/mol. The number of aromatic amines is 1. The Kier molecular flexibility index (Phi) is 2.74. The molecule has 0 spiro atoms. The van der Waals surface area contributed by atoms with E-state index in [1.165, 1.54) is 12.4 Å². The van der Waals surface area contributed by atoms with Gasteiger partial charge in [0.15, 0.2) is 5.82 Å². The fraction of sp³-hybridized carbons (Fsp3) is 0. The van der Waals surface area contributed by atoms with Gasteiger partial charge in [-0.3, -0.25) is 0 Å². The van der Waals surface area contributed by atoms with E-state index in [1.807, 2.05) is 0 Å². The van der Waals surface area contributed by atoms with Gasteiger partial charge in [-0.1, -0.05) is 12.2 Å². The highest BCUT2D eigenvalue weighted by Crippen LogP contribution is 2.10. The third-order valence-corrected chi connectivity index (χ3v) is 2.17. The summed E-state index contributed by atoms with van der Waals surface area (Å²) < 4.78 is 0.666. The Morgan fingerprint density at radius 3 is 2.62 bits per heavy atom. The first kappa shape index (κ1) is 10.4. The lowest BCUT2D eigenvalue weighted by molar-refractivity contribution is 0.0696. The Bertz CT molecular complexity index is 577. The quantitative estimate of drug-likeness (QED) is 0.774. The molecule has 0 aliphatic rings. The molecule has 0 fully saturated rings. The van der Waals surface area contributed by atoms with Crippen molar-refractivity contribution in [3.05, 3.63) is 40.8 Å². The summed E-state index contributed by atoms with van der Waals surface area (Å²) in [5.41, 5.74) is 0.711. The maximum absolute atomic E-state index is 10.6. The monoisotopic (exact) mass is 233 g/mol. The number of carbonyl (C=O) groups is 1. The maximum atomic E-state index is 10.6. The number of nitrogens with zero attached hydrogens (tertiary/aromatic N) is 2. The number of H-pyrrole nitrogens is 1. The highest BCUT2D eigenvalue weighted by Gasteiger charge is 2.05. The average Bonchev–Trinajstić information content (AvgIpc) is 2.29. The molecule has 0 saturated heterocycles. The molecule has 16 heavy (non-hydrogen) atoms. The molecule has 80 valence electrons. The smallest absolute Gasteiger partial charge is 0.338 e. The van der Waals surface area contributed by atoms with E-state index in [1.54, 1.807) is 18.3 Å². The van der Waals surface area contributed by atoms with E-state index in [4.69, 9.17) is 17.3 Å². The molecular weight excluding hydrogens is 226 g/mol. The van der Waals surface area contributed by atoms with Crippen molar-refractivity contribution in [1.29, 1.82) is 0 Å². The van der Waals surface area contributed by atoms with E-state index in [2.05, 4.69) is 15.0 Å². The first-order valence-electron chi connectivity index (χ1n) is 4.41. The minimum absolute atomic E-state index is 0.0540. The second-order valence-electron chi connectivity index (χ2n) is 3.04. The minimum Gasteiger partial charge on any atom is -0.478 e. The van der Waals surface area contributed by atoms with Crippen LogP contribution in [0.1, 0.15) is 10.4 Å². The van der Waals surface area contributed by atoms with Crippen molar-refractivity contribution in [2.75, 3.05) is 0 Å². The molecule has 2 aromatic heterocycles. The van der Waals surface area contributed by atoms with Gasteiger partial charge in [-0.25, -0.2) is 14.8 Å². The molecule has 6 heteroatoms. The van der Waals surface area contributed by atoms with E-state index in [-0.39, 0.29) is 5.56 Å². The number of nitrogens with one attached hydrogen (secondary N) is 1. The molecule has 0 atom stereocenters. The summed E-state index contributed by atoms with van der Waals surface area (Å²) >= 11 is 5.00. The van der Waals surface area contributed by atoms with Crippen LogP contribution in [0.15, 0.2) is 30.7 Å². The molecule has 2 aromatic rings. The van der Waals surface area contributed by atoms with Crippen LogP contribution in [0.2, 0.25) is 0 Å². The molecule has 0 radical (unpaired) electrons. The number of carboxylic acids is 1. The van der Waals surface area contributed by atoms with Crippen molar-refractivity contribution in [3.63, 3.8) is 0 Å². The molecule has 5 nitrogen and oxygen atoms in total. The van der Waals surface area contributed by atoms with Crippen LogP contribution in [0.4, 0.5) is 0 Å². The van der Waals surface area contributed by atoms with Crippen molar-refractivity contribution >= 4 is 18.2 Å². The van der Waals surface area contributed by atoms with Crippen molar-refractivity contribution in [1.82, 2.24) is 15.0 Å². The Balaban J connectivity index is 2.42. The van der Waals surface area contributed by atoms with Gasteiger partial charge in [0, 0.05) is 23.1 Å². The number of pyridine rings is 1. The van der Waals surface area contributed by atoms with E-state index in [0.29, 0.717) is 16.0 Å². The lowest BCUT2D eigenvalue weighted by Gasteiger charge is -1.99. The molecule has 2 heterocycles. The third kappa shape index (κ3) is 2.12. The molecule has 0 bridgehead atoms. The van der Waals surface area contributed by atoms with Crippen molar-refractivity contribution in [2.45, 2.75) is 0 Å². The van der Waals surface area contributed by atoms with Crippen LogP contribution in [0, 0.1) is 4.51 Å². The summed E-state index contributed by atoms with van der Waals surface area (Å²) in [4.78, 5) is 21.4. The Morgan fingerprint density at radius 1 is 1.38 bits per heavy atom. The van der Waals surface area contributed by atoms with E-state index < -0.39 is 5.97 Å². The van der Waals surface area contributed by atoms with Crippen LogP contribution in [0.5, 0.6) is 0 Å². The van der Waals surface area contributed by atoms with Crippen molar-refractivity contribution in [2.24, 2.45) is 0 Å². The first-order valence-corrected chi connectivity index (χ1v) is 4.82. The summed E-state index contributed by atoms with van der Waals surface area (Å²) in [7, 11) is 0. The number of aromatic nitrogens is 3. The summed E-state index contributed by atoms with van der Waals surface area (Å²) in [6, 6.07) is 3.45. The lowest BCUT2D eigenvalue weighted by Crippen LogP contribution is -2.00. The molecular formula is C10H7N3O2S. The van der Waals surface area contributed by atoms with Gasteiger partial charge in [-0.2, -0.15) is 0 Å². The van der Waals surface area contributed by atoms with Crippen LogP contribution >= 0.6 is 12.2 Å². The predicted molar refractivity (Wildman–Crippen MR) is 59.6 cm³/mol. The number of hydrogen-bond donors (Lipinski definition) is 2. The highest BCUT2D eigenvalue weighted by atomic mass is 32.1. The Morgan fingerprint density at radius 2 is 2.06 bits per heavy atom. The standard InChI is InChI=1S/C10H7N3O2S/c14-10(15)6-4-12-9(13-5-6)8-3-7(16)1-2-11-8/h1-5H,(H,11,16)(H,14,15). The fourth-order valence-corrected chi connectivity index (χ4v) is 1.34. The zero-order valence-electron chi connectivity index (χ0n) is 8.04. The Labute approximate surface area is 95.8 Å². The topological polar surface area (TPSA) is 78.9 Å². The molecule has 2 N–H and O–H groups in total. The van der Waals surface area contributed by atoms with Crippen LogP contribution in [0.25, 0.3) is 11.5 Å². The van der Waals surface area contributed by atoms with Gasteiger partial charge in [0.25, 0.3) is 0 Å². The molecule has 0 saturated carbocycles. The van der Waals surface area contributed by atoms with Gasteiger partial charge in [0.05, 0.1) is 11.3 Å². The minimum atomic E-state index is -1.05. The van der Waals surface area contributed by atoms with Crippen LogP contribution in [-0.2, 0) is 0 Å². The molecule has 2 rings (SSSR count). The molecule has 0 aliphatic heterocycles. The van der Waals surface area contributed by atoms with E-state index in [0.717, 1.165) is 0 Å². The highest BCUT2D eigenvalue weighted by molar-refractivity contribution is 7.71. The van der Waals surface area contributed by atoms with Gasteiger partial charge in [0.2, 0.25) is 0 Å². The zero-order chi connectivity index (χ0) is 11.5. The van der Waals surface area contributed by atoms with Gasteiger partial charge >= 0.3 is 5.97 Å². The first-order chi connectivity index (χ1) is 7.66. The van der Waals surface area contributed by atoms with Gasteiger partial charge in [-0.15, -0.1) is 0 Å². The number of hydrogen-bond acceptors (Lipinski definition) is 4. The van der Waals surface area contributed by atoms with Gasteiger partial charge < -0.3 is 10.1 Å². The van der Waals surface area contributed by atoms with Crippen molar-refractivity contribution in [3.8, 4) is 11.5 Å². The fourth-order valence-electron chi connectivity index (χ4n) is 1.15. The van der Waals surface area contributed by atoms with Crippen LogP contribution in [0.3, 0.4) is 0 Å².